The van der Waals surface area contributed by atoms with Crippen LogP contribution in [0.3, 0.4) is 0 Å². The fraction of sp³-hybridized carbons (Fsp3) is 0.0667. The second-order valence-corrected chi connectivity index (χ2v) is 12.5. The summed E-state index contributed by atoms with van der Waals surface area (Å²) >= 11 is 0. The molecule has 226 valence electrons. The number of hydrogen-bond donors (Lipinski definition) is 1. The zero-order valence-electron chi connectivity index (χ0n) is 26.6. The smallest absolute Gasteiger partial charge is 0.115 e. The highest BCUT2D eigenvalue weighted by molar-refractivity contribution is 5.89. The van der Waals surface area contributed by atoms with E-state index in [9.17, 15) is 5.11 Å². The molecule has 47 heavy (non-hydrogen) atoms. The molecule has 0 aliphatic heterocycles. The lowest BCUT2D eigenvalue weighted by atomic mass is 9.67. The number of fused-ring (bicyclic) bond motifs is 3. The van der Waals surface area contributed by atoms with Crippen LogP contribution in [0.15, 0.2) is 170 Å². The Hall–Kier alpha value is -5.86. The first-order valence-electron chi connectivity index (χ1n) is 16.2. The van der Waals surface area contributed by atoms with E-state index in [4.69, 9.17) is 0 Å². The highest BCUT2D eigenvalue weighted by Crippen LogP contribution is 2.57. The molecule has 0 saturated heterocycles. The van der Waals surface area contributed by atoms with E-state index in [2.05, 4.69) is 176 Å². The monoisotopic (exact) mass is 605 g/mol. The van der Waals surface area contributed by atoms with Gasteiger partial charge in [0.05, 0.1) is 5.41 Å². The van der Waals surface area contributed by atoms with Gasteiger partial charge in [0, 0.05) is 17.1 Å². The summed E-state index contributed by atoms with van der Waals surface area (Å²) in [7, 11) is 0. The van der Waals surface area contributed by atoms with Gasteiger partial charge >= 0.3 is 0 Å². The Morgan fingerprint density at radius 1 is 0.426 bits per heavy atom. The molecule has 0 radical (unpaired) electrons. The summed E-state index contributed by atoms with van der Waals surface area (Å²) in [5.74, 6) is 0.263. The molecule has 1 atom stereocenters. The second-order valence-electron chi connectivity index (χ2n) is 12.5. The normalized spacial score (nSPS) is 14.8. The summed E-state index contributed by atoms with van der Waals surface area (Å²) in [6, 6.07) is 60.4. The predicted octanol–water partition coefficient (Wildman–Crippen LogP) is 11.5. The lowest BCUT2D eigenvalue weighted by Gasteiger charge is -2.35. The number of anilines is 3. The van der Waals surface area contributed by atoms with Crippen LogP contribution < -0.4 is 4.90 Å². The summed E-state index contributed by atoms with van der Waals surface area (Å²) in [5.41, 5.74) is 14.8. The average Bonchev–Trinajstić information content (AvgIpc) is 3.40. The van der Waals surface area contributed by atoms with E-state index in [1.165, 1.54) is 50.1 Å². The van der Waals surface area contributed by atoms with Gasteiger partial charge in [-0.25, -0.2) is 0 Å². The quantitative estimate of drug-likeness (QED) is 0.204. The highest BCUT2D eigenvalue weighted by Gasteiger charge is 2.46. The molecule has 1 aliphatic carbocycles. The maximum Gasteiger partial charge on any atom is 0.115 e. The zero-order valence-corrected chi connectivity index (χ0v) is 26.6. The molecule has 0 bridgehead atoms. The van der Waals surface area contributed by atoms with Gasteiger partial charge in [0.25, 0.3) is 0 Å². The minimum absolute atomic E-state index is 0.263. The van der Waals surface area contributed by atoms with Crippen LogP contribution in [0.25, 0.3) is 22.3 Å². The maximum absolute atomic E-state index is 10.4. The van der Waals surface area contributed by atoms with E-state index in [0.717, 1.165) is 22.6 Å². The van der Waals surface area contributed by atoms with Crippen LogP contribution >= 0.6 is 0 Å². The van der Waals surface area contributed by atoms with Crippen LogP contribution in [0.4, 0.5) is 17.1 Å². The summed E-state index contributed by atoms with van der Waals surface area (Å²) in [6.07, 6.45) is 0. The van der Waals surface area contributed by atoms with Gasteiger partial charge in [-0.1, -0.05) is 132 Å². The van der Waals surface area contributed by atoms with E-state index >= 15 is 0 Å². The van der Waals surface area contributed by atoms with Crippen LogP contribution in [0.5, 0.6) is 5.75 Å². The van der Waals surface area contributed by atoms with Crippen LogP contribution in [0.2, 0.25) is 0 Å². The third-order valence-electron chi connectivity index (χ3n) is 9.49. The van der Waals surface area contributed by atoms with Crippen molar-refractivity contribution >= 4 is 17.1 Å². The Morgan fingerprint density at radius 2 is 0.979 bits per heavy atom. The molecule has 0 fully saturated rings. The molecular formula is C45H35NO. The van der Waals surface area contributed by atoms with Crippen LogP contribution in [-0.2, 0) is 5.41 Å². The largest absolute Gasteiger partial charge is 0.508 e. The van der Waals surface area contributed by atoms with Crippen molar-refractivity contribution in [3.8, 4) is 28.0 Å². The molecule has 1 unspecified atom stereocenters. The fourth-order valence-corrected chi connectivity index (χ4v) is 7.56. The third kappa shape index (κ3) is 4.81. The van der Waals surface area contributed by atoms with Gasteiger partial charge in [0.15, 0.2) is 0 Å². The van der Waals surface area contributed by atoms with E-state index in [1.54, 1.807) is 0 Å². The van der Waals surface area contributed by atoms with E-state index in [1.807, 2.05) is 12.1 Å². The Bertz CT molecular complexity index is 2180. The fourth-order valence-electron chi connectivity index (χ4n) is 7.56. The Balaban J connectivity index is 1.38. The van der Waals surface area contributed by atoms with Crippen molar-refractivity contribution in [3.05, 3.63) is 203 Å². The maximum atomic E-state index is 10.4. The molecule has 7 aromatic rings. The SMILES string of the molecule is Cc1cc(C)cc(C2(c3ccc(O)cc3)c3ccccc3-c3ccc(N(c4ccccc4)c4ccc(-c5ccccc5)cc4)cc32)c1. The Morgan fingerprint density at radius 3 is 1.68 bits per heavy atom. The first-order valence-corrected chi connectivity index (χ1v) is 16.2. The number of nitrogens with zero attached hydrogens (tertiary/aromatic N) is 1. The van der Waals surface area contributed by atoms with Gasteiger partial charge in [-0.3, -0.25) is 0 Å². The van der Waals surface area contributed by atoms with Crippen molar-refractivity contribution in [2.75, 3.05) is 4.90 Å². The topological polar surface area (TPSA) is 23.5 Å². The van der Waals surface area contributed by atoms with Crippen molar-refractivity contribution in [3.63, 3.8) is 0 Å². The number of aryl methyl sites for hydroxylation is 2. The molecule has 1 N–H and O–H groups in total. The van der Waals surface area contributed by atoms with Gasteiger partial charge in [-0.05, 0) is 107 Å². The first-order chi connectivity index (χ1) is 23.0. The first kappa shape index (κ1) is 28.6. The average molecular weight is 606 g/mol. The summed E-state index contributed by atoms with van der Waals surface area (Å²) in [4.78, 5) is 2.35. The second kappa shape index (κ2) is 11.5. The molecule has 0 heterocycles. The van der Waals surface area contributed by atoms with Crippen molar-refractivity contribution in [1.82, 2.24) is 0 Å². The number of aromatic hydroxyl groups is 1. The van der Waals surface area contributed by atoms with Crippen molar-refractivity contribution in [2.24, 2.45) is 0 Å². The van der Waals surface area contributed by atoms with Gasteiger partial charge in [-0.15, -0.1) is 0 Å². The Kier molecular flexibility index (Phi) is 7.00. The number of hydrogen-bond acceptors (Lipinski definition) is 2. The van der Waals surface area contributed by atoms with Crippen molar-refractivity contribution in [1.29, 1.82) is 0 Å². The van der Waals surface area contributed by atoms with Gasteiger partial charge in [-0.2, -0.15) is 0 Å². The lowest BCUT2D eigenvalue weighted by molar-refractivity contribution is 0.475. The molecule has 0 spiro atoms. The van der Waals surface area contributed by atoms with Crippen LogP contribution in [0.1, 0.15) is 33.4 Å². The number of para-hydroxylation sites is 1. The van der Waals surface area contributed by atoms with Gasteiger partial charge < -0.3 is 10.0 Å². The third-order valence-corrected chi connectivity index (χ3v) is 9.49. The number of phenols is 1. The molecule has 0 aromatic heterocycles. The molecule has 2 nitrogen and oxygen atoms in total. The lowest BCUT2D eigenvalue weighted by Crippen LogP contribution is -2.29. The molecular weight excluding hydrogens is 571 g/mol. The minimum Gasteiger partial charge on any atom is -0.508 e. The molecule has 8 rings (SSSR count). The highest BCUT2D eigenvalue weighted by atomic mass is 16.3. The molecule has 0 saturated carbocycles. The number of phenolic OH excluding ortho intramolecular Hbond substituents is 1. The molecule has 1 aliphatic rings. The van der Waals surface area contributed by atoms with Crippen molar-refractivity contribution < 1.29 is 5.11 Å². The van der Waals surface area contributed by atoms with Gasteiger partial charge in [0.2, 0.25) is 0 Å². The minimum atomic E-state index is -0.577. The number of benzene rings is 7. The Labute approximate surface area is 276 Å². The van der Waals surface area contributed by atoms with Crippen LogP contribution in [-0.4, -0.2) is 5.11 Å². The summed E-state index contributed by atoms with van der Waals surface area (Å²) in [6.45, 7) is 4.35. The standard InChI is InChI=1S/C45H35NO/c1-31-27-32(2)29-36(28-31)45(35-19-24-40(47)25-20-35)43-16-10-9-15-41(43)42-26-23-39(30-44(42)45)46(37-13-7-4-8-14-37)38-21-17-34(18-22-38)33-11-5-3-6-12-33/h3-30,47H,1-2H3. The van der Waals surface area contributed by atoms with Crippen molar-refractivity contribution in [2.45, 2.75) is 19.3 Å². The zero-order chi connectivity index (χ0) is 32.0. The van der Waals surface area contributed by atoms with Crippen LogP contribution in [0, 0.1) is 13.8 Å². The molecule has 2 heteroatoms. The number of rotatable bonds is 6. The summed E-state index contributed by atoms with van der Waals surface area (Å²) < 4.78 is 0. The van der Waals surface area contributed by atoms with E-state index in [0.29, 0.717) is 0 Å². The summed E-state index contributed by atoms with van der Waals surface area (Å²) in [5, 5.41) is 10.4. The molecule has 7 aromatic carbocycles. The predicted molar refractivity (Wildman–Crippen MR) is 195 cm³/mol. The molecule has 0 amide bonds. The van der Waals surface area contributed by atoms with Gasteiger partial charge in [0.1, 0.15) is 5.75 Å². The van der Waals surface area contributed by atoms with E-state index < -0.39 is 5.41 Å². The van der Waals surface area contributed by atoms with E-state index in [-0.39, 0.29) is 5.75 Å².